The van der Waals surface area contributed by atoms with Crippen molar-refractivity contribution in [3.05, 3.63) is 317 Å². The Hall–Kier alpha value is -9.56. The maximum Gasteiger partial charge on any atom is 0.0713 e. The van der Waals surface area contributed by atoms with E-state index in [1.807, 2.05) is 0 Å². The minimum absolute atomic E-state index is 0.141. The lowest BCUT2D eigenvalue weighted by Crippen LogP contribution is -2.28. The van der Waals surface area contributed by atoms with E-state index >= 15 is 0 Å². The summed E-state index contributed by atoms with van der Waals surface area (Å²) in [6.07, 6.45) is 0. The van der Waals surface area contributed by atoms with E-state index in [1.165, 1.54) is 132 Å². The Morgan fingerprint density at radius 3 is 1.07 bits per heavy atom. The van der Waals surface area contributed by atoms with Gasteiger partial charge in [0.05, 0.1) is 5.41 Å². The number of nitrogens with zero attached hydrogens (tertiary/aromatic N) is 1. The summed E-state index contributed by atoms with van der Waals surface area (Å²) in [6, 6.07) is 103. The molecule has 0 unspecified atom stereocenters. The molecular formula is C79H57N. The molecule has 0 heterocycles. The first-order valence-electron chi connectivity index (χ1n) is 28.3. The number of rotatable bonds is 7. The minimum atomic E-state index is -0.467. The Kier molecular flexibility index (Phi) is 10.0. The summed E-state index contributed by atoms with van der Waals surface area (Å²) in [5.74, 6) is 0. The molecule has 13 aromatic carbocycles. The fourth-order valence-corrected chi connectivity index (χ4v) is 15.0. The van der Waals surface area contributed by atoms with Gasteiger partial charge in [-0.3, -0.25) is 0 Å². The first kappa shape index (κ1) is 46.5. The van der Waals surface area contributed by atoms with Gasteiger partial charge in [-0.05, 0) is 181 Å². The van der Waals surface area contributed by atoms with Crippen LogP contribution in [0.4, 0.5) is 17.1 Å². The lowest BCUT2D eigenvalue weighted by molar-refractivity contribution is 0.660. The molecule has 80 heavy (non-hydrogen) atoms. The number of anilines is 3. The Bertz CT molecular complexity index is 4540. The molecule has 1 heteroatoms. The molecule has 0 aliphatic heterocycles. The lowest BCUT2D eigenvalue weighted by atomic mass is 9.67. The third-order valence-electron chi connectivity index (χ3n) is 18.7. The quantitative estimate of drug-likeness (QED) is 0.144. The van der Waals surface area contributed by atoms with E-state index < -0.39 is 5.41 Å². The molecule has 0 atom stereocenters. The van der Waals surface area contributed by atoms with E-state index in [0.29, 0.717) is 0 Å². The van der Waals surface area contributed by atoms with Crippen LogP contribution in [-0.2, 0) is 16.2 Å². The fourth-order valence-electron chi connectivity index (χ4n) is 15.0. The number of fused-ring (bicyclic) bond motifs is 12. The smallest absolute Gasteiger partial charge is 0.0713 e. The van der Waals surface area contributed by atoms with Crippen LogP contribution in [0, 0.1) is 0 Å². The van der Waals surface area contributed by atoms with Crippen molar-refractivity contribution in [1.82, 2.24) is 0 Å². The highest BCUT2D eigenvalue weighted by atomic mass is 15.1. The van der Waals surface area contributed by atoms with Crippen molar-refractivity contribution in [2.45, 2.75) is 43.9 Å². The third kappa shape index (κ3) is 6.52. The molecule has 13 aromatic rings. The standard InChI is InChI=1S/C79H57N/c1-77(2)69-30-16-12-24-59(69)63-44-42-57(48-73(63)77)80(58-43-45-64-60-25-13-17-31-70(60)78(3,4)74(64)49-58)56-40-36-51(37-41-56)76-66-29-11-10-28-65(66)75(67-46-52-20-8-9-21-53(52)47-68(67)76)50-34-38-55(39-35-50)79(54-22-6-5-7-23-54)71-32-18-14-26-61(71)62-27-15-19-33-72(62)79/h5-49H,1-4H3. The maximum absolute atomic E-state index is 2.49. The van der Waals surface area contributed by atoms with Gasteiger partial charge in [-0.2, -0.15) is 0 Å². The monoisotopic (exact) mass is 1020 g/mol. The third-order valence-corrected chi connectivity index (χ3v) is 18.7. The Labute approximate surface area is 468 Å². The molecule has 3 aliphatic rings. The van der Waals surface area contributed by atoms with Crippen molar-refractivity contribution >= 4 is 49.4 Å². The summed E-state index contributed by atoms with van der Waals surface area (Å²) in [5.41, 5.74) is 26.1. The van der Waals surface area contributed by atoms with Crippen molar-refractivity contribution < 1.29 is 0 Å². The van der Waals surface area contributed by atoms with Crippen LogP contribution in [0.15, 0.2) is 273 Å². The fraction of sp³-hybridized carbons (Fsp3) is 0.0886. The molecule has 3 aliphatic carbocycles. The predicted molar refractivity (Wildman–Crippen MR) is 337 cm³/mol. The van der Waals surface area contributed by atoms with E-state index in [0.717, 1.165) is 17.1 Å². The second kappa shape index (κ2) is 17.2. The molecule has 0 saturated heterocycles. The Morgan fingerprint density at radius 1 is 0.250 bits per heavy atom. The second-order valence-electron chi connectivity index (χ2n) is 23.5. The molecular weight excluding hydrogens is 963 g/mol. The van der Waals surface area contributed by atoms with Gasteiger partial charge in [-0.15, -0.1) is 0 Å². The van der Waals surface area contributed by atoms with Crippen molar-refractivity contribution in [1.29, 1.82) is 0 Å². The maximum atomic E-state index is 2.49. The van der Waals surface area contributed by atoms with Crippen molar-refractivity contribution in [3.8, 4) is 55.6 Å². The molecule has 0 bridgehead atoms. The van der Waals surface area contributed by atoms with Gasteiger partial charge in [-0.1, -0.05) is 252 Å². The Balaban J connectivity index is 0.867. The summed E-state index contributed by atoms with van der Waals surface area (Å²) in [6.45, 7) is 9.52. The summed E-state index contributed by atoms with van der Waals surface area (Å²) in [5, 5.41) is 7.42. The van der Waals surface area contributed by atoms with Crippen LogP contribution in [0.25, 0.3) is 88.0 Å². The summed E-state index contributed by atoms with van der Waals surface area (Å²) >= 11 is 0. The van der Waals surface area contributed by atoms with Crippen LogP contribution in [0.1, 0.15) is 72.2 Å². The molecule has 1 nitrogen and oxygen atoms in total. The SMILES string of the molecule is CC1(C)c2ccccc2-c2ccc(N(c3ccc(-c4c5ccccc5c(-c5ccc(C6(c7ccccc7)c7ccccc7-c7ccccc76)cc5)c5cc6ccccc6cc45)cc3)c3ccc4c(c3)C(C)(C)c3ccccc3-4)cc21. The molecule has 0 saturated carbocycles. The highest BCUT2D eigenvalue weighted by Gasteiger charge is 2.46. The first-order chi connectivity index (χ1) is 39.2. The normalized spacial score (nSPS) is 14.6. The zero-order valence-electron chi connectivity index (χ0n) is 45.4. The van der Waals surface area contributed by atoms with Gasteiger partial charge in [0.2, 0.25) is 0 Å². The van der Waals surface area contributed by atoms with Gasteiger partial charge in [-0.25, -0.2) is 0 Å². The van der Waals surface area contributed by atoms with Gasteiger partial charge in [0.1, 0.15) is 0 Å². The molecule has 378 valence electrons. The second-order valence-corrected chi connectivity index (χ2v) is 23.5. The van der Waals surface area contributed by atoms with E-state index in [9.17, 15) is 0 Å². The molecule has 0 spiro atoms. The minimum Gasteiger partial charge on any atom is -0.310 e. The summed E-state index contributed by atoms with van der Waals surface area (Å²) in [7, 11) is 0. The van der Waals surface area contributed by atoms with Crippen molar-refractivity contribution in [3.63, 3.8) is 0 Å². The van der Waals surface area contributed by atoms with Crippen LogP contribution in [-0.4, -0.2) is 0 Å². The highest BCUT2D eigenvalue weighted by Crippen LogP contribution is 2.58. The largest absolute Gasteiger partial charge is 0.310 e. The van der Waals surface area contributed by atoms with Gasteiger partial charge in [0.15, 0.2) is 0 Å². The number of hydrogen-bond acceptors (Lipinski definition) is 1. The first-order valence-corrected chi connectivity index (χ1v) is 28.3. The molecule has 0 radical (unpaired) electrons. The predicted octanol–water partition coefficient (Wildman–Crippen LogP) is 20.9. The van der Waals surface area contributed by atoms with E-state index in [2.05, 4.69) is 306 Å². The van der Waals surface area contributed by atoms with Gasteiger partial charge in [0, 0.05) is 27.9 Å². The zero-order valence-corrected chi connectivity index (χ0v) is 45.4. The van der Waals surface area contributed by atoms with Crippen LogP contribution in [0.5, 0.6) is 0 Å². The van der Waals surface area contributed by atoms with Crippen LogP contribution >= 0.6 is 0 Å². The number of benzene rings is 13. The highest BCUT2D eigenvalue weighted by molar-refractivity contribution is 6.23. The van der Waals surface area contributed by atoms with Gasteiger partial charge < -0.3 is 4.90 Å². The van der Waals surface area contributed by atoms with Crippen LogP contribution < -0.4 is 4.90 Å². The topological polar surface area (TPSA) is 3.24 Å². The number of hydrogen-bond donors (Lipinski definition) is 0. The Morgan fingerprint density at radius 2 is 0.600 bits per heavy atom. The molecule has 0 aromatic heterocycles. The summed E-state index contributed by atoms with van der Waals surface area (Å²) < 4.78 is 0. The van der Waals surface area contributed by atoms with Crippen molar-refractivity contribution in [2.75, 3.05) is 4.90 Å². The van der Waals surface area contributed by atoms with Crippen LogP contribution in [0.3, 0.4) is 0 Å². The average Bonchev–Trinajstić information content (AvgIpc) is 4.20. The van der Waals surface area contributed by atoms with Crippen LogP contribution in [0.2, 0.25) is 0 Å². The molecule has 0 amide bonds. The molecule has 16 rings (SSSR count). The zero-order chi connectivity index (χ0) is 53.5. The summed E-state index contributed by atoms with van der Waals surface area (Å²) in [4.78, 5) is 2.49. The average molecular weight is 1020 g/mol. The van der Waals surface area contributed by atoms with Gasteiger partial charge in [0.25, 0.3) is 0 Å². The van der Waals surface area contributed by atoms with E-state index in [1.54, 1.807) is 0 Å². The lowest BCUT2D eigenvalue weighted by Gasteiger charge is -2.34. The van der Waals surface area contributed by atoms with E-state index in [4.69, 9.17) is 0 Å². The van der Waals surface area contributed by atoms with E-state index in [-0.39, 0.29) is 10.8 Å². The molecule has 0 fully saturated rings. The van der Waals surface area contributed by atoms with Gasteiger partial charge >= 0.3 is 0 Å². The van der Waals surface area contributed by atoms with Crippen molar-refractivity contribution in [2.24, 2.45) is 0 Å². The molecule has 0 N–H and O–H groups in total.